The van der Waals surface area contributed by atoms with Crippen LogP contribution in [0, 0.1) is 0 Å². The van der Waals surface area contributed by atoms with E-state index in [0.29, 0.717) is 45.9 Å². The minimum Gasteiger partial charge on any atom is -0.357 e. The van der Waals surface area contributed by atoms with E-state index in [9.17, 15) is 0 Å². The summed E-state index contributed by atoms with van der Waals surface area (Å²) in [6.45, 7) is 0. The number of hydrogen-bond donors (Lipinski definition) is 0. The molecule has 0 amide bonds. The van der Waals surface area contributed by atoms with Crippen LogP contribution >= 0.6 is 94.1 Å². The third-order valence-electron chi connectivity index (χ3n) is 15.7. The van der Waals surface area contributed by atoms with Crippen molar-refractivity contribution < 1.29 is 17.1 Å². The van der Waals surface area contributed by atoms with Gasteiger partial charge in [-0.25, -0.2) is 9.97 Å². The van der Waals surface area contributed by atoms with Crippen molar-refractivity contribution >= 4 is 138 Å². The third kappa shape index (κ3) is 13.7. The van der Waals surface area contributed by atoms with Gasteiger partial charge in [-0.05, 0) is 167 Å². The molecule has 17 rings (SSSR count). The summed E-state index contributed by atoms with van der Waals surface area (Å²) in [5, 5.41) is 3.28. The Kier molecular flexibility index (Phi) is 18.5. The van der Waals surface area contributed by atoms with Gasteiger partial charge in [0.05, 0.1) is 23.3 Å². The summed E-state index contributed by atoms with van der Waals surface area (Å²) in [6.07, 6.45) is 0. The van der Waals surface area contributed by atoms with Crippen LogP contribution < -0.4 is 9.97 Å². The average Bonchev–Trinajstić information content (AvgIpc) is 1.60. The van der Waals surface area contributed by atoms with Crippen LogP contribution in [0.1, 0.15) is 0 Å². The molecule has 0 N–H and O–H groups in total. The molecule has 8 nitrogen and oxygen atoms in total. The van der Waals surface area contributed by atoms with Gasteiger partial charge in [-0.1, -0.05) is 240 Å². The molecule has 8 bridgehead atoms. The van der Waals surface area contributed by atoms with Gasteiger partial charge >= 0.3 is 17.1 Å². The smallest absolute Gasteiger partial charge is 0.357 e. The Hall–Kier alpha value is -8.68. The van der Waals surface area contributed by atoms with Crippen LogP contribution in [0.3, 0.4) is 0 Å². The molecule has 3 aromatic heterocycles. The Morgan fingerprint density at radius 1 is 0.186 bits per heavy atom. The first-order valence-corrected chi connectivity index (χ1v) is 37.3. The van der Waals surface area contributed by atoms with Crippen molar-refractivity contribution in [1.82, 2.24) is 39.9 Å². The maximum absolute atomic E-state index is 5.65. The van der Waals surface area contributed by atoms with E-state index in [0.717, 1.165) is 122 Å². The molecule has 0 aliphatic carbocycles. The molecular formula is C80H48CuN8S8. The first kappa shape index (κ1) is 63.1. The molecule has 0 spiro atoms. The van der Waals surface area contributed by atoms with Crippen molar-refractivity contribution in [2.45, 2.75) is 78.3 Å². The van der Waals surface area contributed by atoms with Crippen molar-refractivity contribution in [3.63, 3.8) is 0 Å². The summed E-state index contributed by atoms with van der Waals surface area (Å²) in [6, 6.07) is 102. The van der Waals surface area contributed by atoms with E-state index in [1.54, 1.807) is 94.1 Å². The van der Waals surface area contributed by atoms with Crippen molar-refractivity contribution in [1.29, 1.82) is 0 Å². The molecule has 1 radical (unpaired) electrons. The molecule has 2 aliphatic heterocycles. The standard InChI is InChI=1S/C80H48N8S8.Cu/c1-9-25-49(26-10-1)89-65-41-57-58(42-66(65)90-50-27-11-2-12-28-50)74-81-73(57)85-75-59-43-67(91-51-29-13-3-14-30-51)68(92-52-31-15-4-16-32-52)44-60(59)77(82-75)87-79-63-47-71(95-55-37-21-7-22-38-55)72(96-56-39-23-8-24-40-56)48-64(63)80(84-79)88-78-62-46-70(94-54-35-19-6-20-36-54)69(45-61(62)76(83-78)86-74)93-53-33-17-5-18-34-53;/h1-48H;/q-2;+2. The van der Waals surface area contributed by atoms with E-state index in [4.69, 9.17) is 39.9 Å². The molecule has 15 aromatic rings. The Balaban J connectivity index is 0.00000738. The van der Waals surface area contributed by atoms with Crippen LogP contribution in [-0.4, -0.2) is 29.9 Å². The van der Waals surface area contributed by atoms with Gasteiger partial charge in [0.15, 0.2) is 0 Å². The zero-order valence-electron chi connectivity index (χ0n) is 50.9. The van der Waals surface area contributed by atoms with Crippen LogP contribution in [0.15, 0.2) is 370 Å². The molecule has 17 heteroatoms. The topological polar surface area (TPSA) is 106 Å². The molecule has 0 fully saturated rings. The number of rotatable bonds is 16. The van der Waals surface area contributed by atoms with E-state index in [1.807, 2.05) is 0 Å². The van der Waals surface area contributed by atoms with Gasteiger partial charge in [-0.3, -0.25) is 0 Å². The zero-order valence-corrected chi connectivity index (χ0v) is 58.3. The fourth-order valence-electron chi connectivity index (χ4n) is 11.2. The Morgan fingerprint density at radius 2 is 0.340 bits per heavy atom. The fourth-order valence-corrected chi connectivity index (χ4v) is 19.3. The molecule has 12 aromatic carbocycles. The SMILES string of the molecule is [Cu+2].c1ccc(Sc2cc3c(cc2Sc2ccccc2)-c2nc-3nc3[n-]c(nc4nc(nc5[n-]c(n2)c2cc(Sc6ccccc6)c(Sc6ccccc6)cc52)-c2cc(Sc5ccccc5)c(Sc5ccccc5)cc2-4)c2cc(Sc4ccccc4)c(Sc4ccccc4)cc32)cc1. The van der Waals surface area contributed by atoms with Crippen LogP contribution in [0.2, 0.25) is 0 Å². The fraction of sp³-hybridized carbons (Fsp3) is 0. The Bertz CT molecular complexity index is 4910. The summed E-state index contributed by atoms with van der Waals surface area (Å²) >= 11 is 13.7. The van der Waals surface area contributed by atoms with Gasteiger partial charge in [0.2, 0.25) is 0 Å². The molecule has 0 unspecified atom stereocenters. The van der Waals surface area contributed by atoms with Gasteiger partial charge < -0.3 is 29.9 Å². The molecule has 0 atom stereocenters. The molecule has 0 saturated heterocycles. The van der Waals surface area contributed by atoms with Crippen molar-refractivity contribution in [3.8, 4) is 45.6 Å². The van der Waals surface area contributed by atoms with Crippen LogP contribution in [0.25, 0.3) is 89.7 Å². The van der Waals surface area contributed by atoms with E-state index in [2.05, 4.69) is 291 Å². The number of nitrogens with zero attached hydrogens (tertiary/aromatic N) is 8. The van der Waals surface area contributed by atoms with E-state index < -0.39 is 0 Å². The second-order valence-corrected chi connectivity index (χ2v) is 31.1. The Morgan fingerprint density at radius 3 is 0.505 bits per heavy atom. The van der Waals surface area contributed by atoms with Gasteiger partial charge in [0.25, 0.3) is 0 Å². The average molecular weight is 1440 g/mol. The second-order valence-electron chi connectivity index (χ2n) is 22.2. The number of fused-ring (bicyclic) bond motifs is 20. The van der Waals surface area contributed by atoms with Crippen LogP contribution in [0.4, 0.5) is 0 Å². The van der Waals surface area contributed by atoms with Crippen molar-refractivity contribution in [2.75, 3.05) is 0 Å². The molecule has 5 heterocycles. The molecule has 97 heavy (non-hydrogen) atoms. The third-order valence-corrected chi connectivity index (χ3v) is 24.8. The van der Waals surface area contributed by atoms with E-state index >= 15 is 0 Å². The second kappa shape index (κ2) is 28.4. The summed E-state index contributed by atoms with van der Waals surface area (Å²) in [7, 11) is 0. The number of aromatic nitrogens is 8. The first-order chi connectivity index (χ1) is 47.5. The zero-order chi connectivity index (χ0) is 63.7. The number of benzene rings is 12. The first-order valence-electron chi connectivity index (χ1n) is 30.7. The number of hydrogen-bond acceptors (Lipinski definition) is 14. The van der Waals surface area contributed by atoms with E-state index in [-0.39, 0.29) is 17.1 Å². The normalized spacial score (nSPS) is 11.5. The predicted octanol–water partition coefficient (Wildman–Crippen LogP) is 23.3. The summed E-state index contributed by atoms with van der Waals surface area (Å²) in [5.74, 6) is 1.89. The Labute approximate surface area is 604 Å². The van der Waals surface area contributed by atoms with Gasteiger partial charge in [-0.15, -0.1) is 0 Å². The molecule has 467 valence electrons. The summed E-state index contributed by atoms with van der Waals surface area (Å²) in [4.78, 5) is 62.0. The minimum absolute atomic E-state index is 0. The van der Waals surface area contributed by atoms with E-state index in [1.165, 1.54) is 0 Å². The van der Waals surface area contributed by atoms with Crippen LogP contribution in [-0.2, 0) is 17.1 Å². The molecule has 0 saturated carbocycles. The summed E-state index contributed by atoms with van der Waals surface area (Å²) < 4.78 is 0. The van der Waals surface area contributed by atoms with Gasteiger partial charge in [-0.2, -0.15) is 0 Å². The van der Waals surface area contributed by atoms with Crippen molar-refractivity contribution in [3.05, 3.63) is 291 Å². The summed E-state index contributed by atoms with van der Waals surface area (Å²) in [5.41, 5.74) is 5.18. The van der Waals surface area contributed by atoms with Gasteiger partial charge in [0.1, 0.15) is 0 Å². The molecule has 2 aliphatic rings. The minimum atomic E-state index is 0. The largest absolute Gasteiger partial charge is 2.00 e. The quantitative estimate of drug-likeness (QED) is 0.0856. The van der Waals surface area contributed by atoms with Gasteiger partial charge in [0, 0.05) is 123 Å². The maximum Gasteiger partial charge on any atom is 2.00 e. The monoisotopic (exact) mass is 1440 g/mol. The van der Waals surface area contributed by atoms with Crippen molar-refractivity contribution in [2.24, 2.45) is 0 Å². The van der Waals surface area contributed by atoms with Crippen LogP contribution in [0.5, 0.6) is 0 Å². The predicted molar refractivity (Wildman–Crippen MR) is 399 cm³/mol. The molecular weight excluding hydrogens is 1390 g/mol. The maximum atomic E-state index is 5.65.